The van der Waals surface area contributed by atoms with Gasteiger partial charge in [-0.15, -0.1) is 0 Å². The summed E-state index contributed by atoms with van der Waals surface area (Å²) in [6.45, 7) is 7.36. The molecule has 2 aromatic carbocycles. The maximum Gasteiger partial charge on any atom is 1.00 e. The molecule has 0 amide bonds. The first-order chi connectivity index (χ1) is 8.56. The van der Waals surface area contributed by atoms with E-state index in [9.17, 15) is 0 Å². The molecule has 0 saturated carbocycles. The summed E-state index contributed by atoms with van der Waals surface area (Å²) in [7, 11) is 0.362. The van der Waals surface area contributed by atoms with Crippen molar-refractivity contribution >= 4 is 33.8 Å². The second kappa shape index (κ2) is 7.78. The van der Waals surface area contributed by atoms with E-state index in [1.54, 1.807) is 7.82 Å². The van der Waals surface area contributed by atoms with Crippen LogP contribution in [0.3, 0.4) is 0 Å². The van der Waals surface area contributed by atoms with Crippen molar-refractivity contribution in [3.05, 3.63) is 60.7 Å². The third-order valence-corrected chi connectivity index (χ3v) is 15.8. The zero-order valence-electron chi connectivity index (χ0n) is 12.2. The zero-order chi connectivity index (χ0) is 13.0. The summed E-state index contributed by atoms with van der Waals surface area (Å²) in [5.74, 6) is 0. The van der Waals surface area contributed by atoms with Crippen molar-refractivity contribution in [2.45, 2.75) is 19.6 Å². The van der Waals surface area contributed by atoms with Crippen molar-refractivity contribution in [3.63, 3.8) is 0 Å². The minimum atomic E-state index is -1.08. The number of hydrogen-bond donors (Lipinski definition) is 0. The summed E-state index contributed by atoms with van der Waals surface area (Å²) in [6, 6.07) is 22.0. The first-order valence-electron chi connectivity index (χ1n) is 6.19. The van der Waals surface area contributed by atoms with E-state index in [0.29, 0.717) is 0 Å². The molecule has 0 aromatic heterocycles. The van der Waals surface area contributed by atoms with Gasteiger partial charge in [0.15, 0.2) is 0 Å². The maximum absolute atomic E-state index is 2.45. The van der Waals surface area contributed by atoms with Crippen LogP contribution in [0, 0.1) is 0 Å². The minimum absolute atomic E-state index is 0. The predicted molar refractivity (Wildman–Crippen MR) is 89.3 cm³/mol. The molecule has 0 atom stereocenters. The summed E-state index contributed by atoms with van der Waals surface area (Å²) in [6.07, 6.45) is 0. The van der Waals surface area contributed by atoms with E-state index in [-0.39, 0.29) is 26.5 Å². The summed E-state index contributed by atoms with van der Waals surface area (Å²) in [5.41, 5.74) is 0. The molecule has 4 heteroatoms. The van der Waals surface area contributed by atoms with E-state index >= 15 is 0 Å². The van der Waals surface area contributed by atoms with Crippen molar-refractivity contribution in [1.82, 2.24) is 0 Å². The Balaban J connectivity index is 0.00000180. The van der Waals surface area contributed by atoms with Crippen molar-refractivity contribution in [3.8, 4) is 0 Å². The minimum Gasteiger partial charge on any atom is -0.499 e. The average molecular weight is 296 g/mol. The topological polar surface area (TPSA) is 0 Å². The fraction of sp³-hybridized carbons (Fsp3) is 0.200. The molecule has 0 bridgehead atoms. The molecular formula is C15H19LiP2Si. The molecule has 0 spiro atoms. The van der Waals surface area contributed by atoms with Crippen LogP contribution >= 0.6 is 15.4 Å². The van der Waals surface area contributed by atoms with Gasteiger partial charge in [0.25, 0.3) is 0 Å². The molecule has 94 valence electrons. The van der Waals surface area contributed by atoms with Crippen LogP contribution in [0.2, 0.25) is 19.6 Å². The molecule has 0 fully saturated rings. The van der Waals surface area contributed by atoms with Gasteiger partial charge in [-0.1, -0.05) is 88.0 Å². The molecule has 0 nitrogen and oxygen atoms in total. The van der Waals surface area contributed by atoms with Crippen LogP contribution in [0.5, 0.6) is 0 Å². The molecule has 0 unspecified atom stereocenters. The summed E-state index contributed by atoms with van der Waals surface area (Å²) >= 11 is 0. The Labute approximate surface area is 132 Å². The first kappa shape index (κ1) is 17.2. The Morgan fingerprint density at radius 3 is 1.42 bits per heavy atom. The van der Waals surface area contributed by atoms with Gasteiger partial charge < -0.3 is 7.82 Å². The fourth-order valence-electron chi connectivity index (χ4n) is 1.70. The molecule has 2 rings (SSSR count). The molecule has 0 aliphatic rings. The van der Waals surface area contributed by atoms with Gasteiger partial charge in [0.1, 0.15) is 0 Å². The third-order valence-electron chi connectivity index (χ3n) is 2.40. The van der Waals surface area contributed by atoms with E-state index < -0.39 is 7.74 Å². The van der Waals surface area contributed by atoms with Gasteiger partial charge in [0.2, 0.25) is 0 Å². The van der Waals surface area contributed by atoms with Crippen LogP contribution in [0.1, 0.15) is 0 Å². The molecule has 0 N–H and O–H groups in total. The van der Waals surface area contributed by atoms with E-state index in [1.165, 1.54) is 10.6 Å². The maximum atomic E-state index is 2.45. The van der Waals surface area contributed by atoms with Crippen LogP contribution in [0.15, 0.2) is 60.7 Å². The molecule has 0 radical (unpaired) electrons. The Morgan fingerprint density at radius 2 is 1.11 bits per heavy atom. The molecular weight excluding hydrogens is 277 g/mol. The van der Waals surface area contributed by atoms with Crippen molar-refractivity contribution in [2.75, 3.05) is 0 Å². The molecule has 0 aliphatic carbocycles. The number of rotatable bonds is 4. The molecule has 2 aromatic rings. The van der Waals surface area contributed by atoms with Crippen molar-refractivity contribution < 1.29 is 18.9 Å². The molecule has 0 aliphatic heterocycles. The second-order valence-electron chi connectivity index (χ2n) is 5.25. The monoisotopic (exact) mass is 296 g/mol. The standard InChI is InChI=1S/C15H19P2Si.Li/c1-18(2,3)16-17(14-10-6-4-7-11-14)15-12-8-5-9-13-15;/h4-13H,1-3H3;/q-1;+1. The predicted octanol–water partition coefficient (Wildman–Crippen LogP) is 1.82. The Kier molecular flexibility index (Phi) is 7.03. The van der Waals surface area contributed by atoms with Gasteiger partial charge in [0, 0.05) is 0 Å². The van der Waals surface area contributed by atoms with Crippen molar-refractivity contribution in [1.29, 1.82) is 0 Å². The second-order valence-corrected chi connectivity index (χ2v) is 19.1. The summed E-state index contributed by atoms with van der Waals surface area (Å²) in [4.78, 5) is 0. The van der Waals surface area contributed by atoms with Crippen LogP contribution in [0.25, 0.3) is 0 Å². The molecule has 0 saturated heterocycles. The van der Waals surface area contributed by atoms with E-state index in [0.717, 1.165) is 0 Å². The van der Waals surface area contributed by atoms with Crippen molar-refractivity contribution in [2.24, 2.45) is 0 Å². The SMILES string of the molecule is C[Si](C)(C)[P-]P(c1ccccc1)c1ccccc1.[Li+]. The third kappa shape index (κ3) is 5.55. The van der Waals surface area contributed by atoms with E-state index in [4.69, 9.17) is 0 Å². The van der Waals surface area contributed by atoms with Gasteiger partial charge in [-0.25, -0.2) is 7.61 Å². The van der Waals surface area contributed by atoms with Gasteiger partial charge in [-0.3, -0.25) is 0 Å². The van der Waals surface area contributed by atoms with Crippen LogP contribution in [-0.4, -0.2) is 7.74 Å². The molecule has 0 heterocycles. The zero-order valence-corrected chi connectivity index (χ0v) is 15.0. The Hall–Kier alpha value is 0.114. The quantitative estimate of drug-likeness (QED) is 0.596. The smallest absolute Gasteiger partial charge is 0.499 e. The van der Waals surface area contributed by atoms with E-state index in [2.05, 4.69) is 80.3 Å². The average Bonchev–Trinajstić information content (AvgIpc) is 2.37. The van der Waals surface area contributed by atoms with Gasteiger partial charge >= 0.3 is 18.9 Å². The Bertz CT molecular complexity index is 443. The van der Waals surface area contributed by atoms with Gasteiger partial charge in [-0.2, -0.15) is 0 Å². The Morgan fingerprint density at radius 1 is 0.737 bits per heavy atom. The van der Waals surface area contributed by atoms with Crippen LogP contribution in [-0.2, 0) is 0 Å². The normalized spacial score (nSPS) is 11.8. The van der Waals surface area contributed by atoms with Crippen LogP contribution in [0.4, 0.5) is 0 Å². The van der Waals surface area contributed by atoms with Crippen LogP contribution < -0.4 is 29.5 Å². The fourth-order valence-corrected chi connectivity index (χ4v) is 14.5. The van der Waals surface area contributed by atoms with E-state index in [1.807, 2.05) is 0 Å². The summed E-state index contributed by atoms with van der Waals surface area (Å²) in [5, 5.41) is 3.01. The number of benzene rings is 2. The largest absolute Gasteiger partial charge is 1.00 e. The number of hydrogen-bond acceptors (Lipinski definition) is 0. The molecule has 19 heavy (non-hydrogen) atoms. The van der Waals surface area contributed by atoms with Gasteiger partial charge in [0.05, 0.1) is 0 Å². The van der Waals surface area contributed by atoms with Gasteiger partial charge in [-0.05, 0) is 10.6 Å². The summed E-state index contributed by atoms with van der Waals surface area (Å²) < 4.78 is 0. The first-order valence-corrected chi connectivity index (χ1v) is 13.5.